The molecule has 0 unspecified atom stereocenters. The van der Waals surface area contributed by atoms with Gasteiger partial charge in [0.2, 0.25) is 0 Å². The van der Waals surface area contributed by atoms with Gasteiger partial charge in [0.05, 0.1) is 0 Å². The molecule has 1 saturated heterocycles. The highest BCUT2D eigenvalue weighted by molar-refractivity contribution is 5.53. The summed E-state index contributed by atoms with van der Waals surface area (Å²) >= 11 is 0. The lowest BCUT2D eigenvalue weighted by molar-refractivity contribution is 0.249. The minimum Gasteiger partial charge on any atom is -0.399 e. The van der Waals surface area contributed by atoms with Crippen molar-refractivity contribution in [3.63, 3.8) is 0 Å². The van der Waals surface area contributed by atoms with E-state index < -0.39 is 0 Å². The minimum atomic E-state index is -0.159. The molecule has 2 aromatic rings. The maximum Gasteiger partial charge on any atom is 0.123 e. The summed E-state index contributed by atoms with van der Waals surface area (Å²) in [6.07, 6.45) is 0. The molecule has 3 rings (SSSR count). The number of rotatable bonds is 3. The van der Waals surface area contributed by atoms with Gasteiger partial charge in [-0.1, -0.05) is 12.1 Å². The predicted octanol–water partition coefficient (Wildman–Crippen LogP) is 2.73. The number of halogens is 1. The zero-order chi connectivity index (χ0) is 14.7. The molecule has 2 N–H and O–H groups in total. The third-order valence-electron chi connectivity index (χ3n) is 3.93. The van der Waals surface area contributed by atoms with Crippen LogP contribution in [-0.2, 0) is 6.54 Å². The molecular weight excluding hydrogens is 265 g/mol. The van der Waals surface area contributed by atoms with Crippen molar-refractivity contribution in [1.82, 2.24) is 4.90 Å². The first-order valence-corrected chi connectivity index (χ1v) is 7.28. The molecule has 0 spiro atoms. The third kappa shape index (κ3) is 3.52. The van der Waals surface area contributed by atoms with Gasteiger partial charge in [-0.2, -0.15) is 0 Å². The third-order valence-corrected chi connectivity index (χ3v) is 3.93. The van der Waals surface area contributed by atoms with Crippen LogP contribution in [0.1, 0.15) is 5.56 Å². The zero-order valence-corrected chi connectivity index (χ0v) is 12.0. The van der Waals surface area contributed by atoms with Gasteiger partial charge in [0, 0.05) is 44.1 Å². The summed E-state index contributed by atoms with van der Waals surface area (Å²) in [6, 6.07) is 14.9. The Morgan fingerprint density at radius 2 is 1.67 bits per heavy atom. The quantitative estimate of drug-likeness (QED) is 0.880. The predicted molar refractivity (Wildman–Crippen MR) is 84.7 cm³/mol. The molecule has 1 heterocycles. The summed E-state index contributed by atoms with van der Waals surface area (Å²) in [4.78, 5) is 4.73. The Morgan fingerprint density at radius 1 is 0.952 bits per heavy atom. The monoisotopic (exact) mass is 285 g/mol. The Hall–Kier alpha value is -2.07. The Labute approximate surface area is 124 Å². The highest BCUT2D eigenvalue weighted by atomic mass is 19.1. The van der Waals surface area contributed by atoms with E-state index in [2.05, 4.69) is 21.9 Å². The van der Waals surface area contributed by atoms with Crippen LogP contribution in [0.15, 0.2) is 48.5 Å². The fourth-order valence-electron chi connectivity index (χ4n) is 2.74. The molecule has 0 aliphatic carbocycles. The first kappa shape index (κ1) is 13.9. The molecule has 0 amide bonds. The van der Waals surface area contributed by atoms with Gasteiger partial charge >= 0.3 is 0 Å². The standard InChI is InChI=1S/C17H20FN3/c18-15-3-1-2-14(12-15)13-20-8-10-21(11-9-20)17-6-4-16(19)5-7-17/h1-7,12H,8-11,13,19H2. The number of piperazine rings is 1. The summed E-state index contributed by atoms with van der Waals surface area (Å²) in [6.45, 7) is 4.76. The number of hydrogen-bond donors (Lipinski definition) is 1. The van der Waals surface area contributed by atoms with E-state index in [-0.39, 0.29) is 5.82 Å². The van der Waals surface area contributed by atoms with Gasteiger partial charge in [-0.25, -0.2) is 4.39 Å². The van der Waals surface area contributed by atoms with E-state index >= 15 is 0 Å². The summed E-state index contributed by atoms with van der Waals surface area (Å²) in [5.74, 6) is -0.159. The van der Waals surface area contributed by atoms with Crippen LogP contribution in [-0.4, -0.2) is 31.1 Å². The van der Waals surface area contributed by atoms with Crippen molar-refractivity contribution in [2.24, 2.45) is 0 Å². The SMILES string of the molecule is Nc1ccc(N2CCN(Cc3cccc(F)c3)CC2)cc1. The molecule has 1 aliphatic rings. The van der Waals surface area contributed by atoms with Gasteiger partial charge in [0.15, 0.2) is 0 Å². The molecule has 0 saturated carbocycles. The van der Waals surface area contributed by atoms with Gasteiger partial charge in [-0.15, -0.1) is 0 Å². The molecule has 0 aromatic heterocycles. The van der Waals surface area contributed by atoms with Crippen LogP contribution in [0, 0.1) is 5.82 Å². The summed E-state index contributed by atoms with van der Waals surface area (Å²) < 4.78 is 13.2. The molecular formula is C17H20FN3. The van der Waals surface area contributed by atoms with Gasteiger partial charge in [0.25, 0.3) is 0 Å². The highest BCUT2D eigenvalue weighted by Gasteiger charge is 2.17. The normalized spacial score (nSPS) is 16.1. The average Bonchev–Trinajstić information content (AvgIpc) is 2.49. The van der Waals surface area contributed by atoms with Crippen molar-refractivity contribution in [3.05, 3.63) is 59.9 Å². The molecule has 21 heavy (non-hydrogen) atoms. The first-order chi connectivity index (χ1) is 10.2. The fraction of sp³-hybridized carbons (Fsp3) is 0.294. The van der Waals surface area contributed by atoms with Crippen molar-refractivity contribution >= 4 is 11.4 Å². The van der Waals surface area contributed by atoms with Crippen molar-refractivity contribution in [3.8, 4) is 0 Å². The van der Waals surface area contributed by atoms with E-state index in [1.807, 2.05) is 18.2 Å². The molecule has 3 nitrogen and oxygen atoms in total. The van der Waals surface area contributed by atoms with Gasteiger partial charge in [-0.3, -0.25) is 4.90 Å². The van der Waals surface area contributed by atoms with Gasteiger partial charge in [-0.05, 0) is 42.0 Å². The van der Waals surface area contributed by atoms with E-state index in [9.17, 15) is 4.39 Å². The summed E-state index contributed by atoms with van der Waals surface area (Å²) in [5, 5.41) is 0. The maximum absolute atomic E-state index is 13.2. The topological polar surface area (TPSA) is 32.5 Å². The summed E-state index contributed by atoms with van der Waals surface area (Å²) in [7, 11) is 0. The Bertz CT molecular complexity index is 589. The molecule has 0 atom stereocenters. The van der Waals surface area contributed by atoms with Gasteiger partial charge < -0.3 is 10.6 Å². The van der Waals surface area contributed by atoms with Crippen molar-refractivity contribution in [2.75, 3.05) is 36.8 Å². The van der Waals surface area contributed by atoms with E-state index in [1.54, 1.807) is 12.1 Å². The second-order valence-electron chi connectivity index (χ2n) is 5.48. The maximum atomic E-state index is 13.2. The van der Waals surface area contributed by atoms with Gasteiger partial charge in [0.1, 0.15) is 5.82 Å². The largest absolute Gasteiger partial charge is 0.399 e. The van der Waals surface area contributed by atoms with Crippen molar-refractivity contribution < 1.29 is 4.39 Å². The second kappa shape index (κ2) is 6.14. The minimum absolute atomic E-state index is 0.159. The van der Waals surface area contributed by atoms with Crippen molar-refractivity contribution in [2.45, 2.75) is 6.54 Å². The molecule has 4 heteroatoms. The lowest BCUT2D eigenvalue weighted by Gasteiger charge is -2.36. The highest BCUT2D eigenvalue weighted by Crippen LogP contribution is 2.19. The lowest BCUT2D eigenvalue weighted by Crippen LogP contribution is -2.45. The van der Waals surface area contributed by atoms with Crippen LogP contribution in [0.3, 0.4) is 0 Å². The number of benzene rings is 2. The van der Waals surface area contributed by atoms with Crippen molar-refractivity contribution in [1.29, 1.82) is 0 Å². The van der Waals surface area contributed by atoms with E-state index in [0.29, 0.717) is 0 Å². The Kier molecular flexibility index (Phi) is 4.06. The number of anilines is 2. The molecule has 0 bridgehead atoms. The first-order valence-electron chi connectivity index (χ1n) is 7.28. The Balaban J connectivity index is 1.56. The molecule has 0 radical (unpaired) electrons. The molecule has 2 aromatic carbocycles. The number of nitrogen functional groups attached to an aromatic ring is 1. The molecule has 1 fully saturated rings. The average molecular weight is 285 g/mol. The number of nitrogens with zero attached hydrogens (tertiary/aromatic N) is 2. The molecule has 1 aliphatic heterocycles. The van der Waals surface area contributed by atoms with Crippen LogP contribution >= 0.6 is 0 Å². The van der Waals surface area contributed by atoms with E-state index in [1.165, 1.54) is 11.8 Å². The number of nitrogens with two attached hydrogens (primary N) is 1. The van der Waals surface area contributed by atoms with Crippen LogP contribution < -0.4 is 10.6 Å². The Morgan fingerprint density at radius 3 is 2.33 bits per heavy atom. The molecule has 110 valence electrons. The van der Waals surface area contributed by atoms with Crippen LogP contribution in [0.25, 0.3) is 0 Å². The van der Waals surface area contributed by atoms with Crippen LogP contribution in [0.5, 0.6) is 0 Å². The number of hydrogen-bond acceptors (Lipinski definition) is 3. The smallest absolute Gasteiger partial charge is 0.123 e. The zero-order valence-electron chi connectivity index (χ0n) is 12.0. The van der Waals surface area contributed by atoms with E-state index in [4.69, 9.17) is 5.73 Å². The van der Waals surface area contributed by atoms with Crippen LogP contribution in [0.2, 0.25) is 0 Å². The lowest BCUT2D eigenvalue weighted by atomic mass is 10.2. The second-order valence-corrected chi connectivity index (χ2v) is 5.48. The summed E-state index contributed by atoms with van der Waals surface area (Å²) in [5.41, 5.74) is 8.77. The fourth-order valence-corrected chi connectivity index (χ4v) is 2.74. The van der Waals surface area contributed by atoms with E-state index in [0.717, 1.165) is 44.0 Å². The van der Waals surface area contributed by atoms with Crippen LogP contribution in [0.4, 0.5) is 15.8 Å².